The molecule has 1 aromatic heterocycles. The Hall–Kier alpha value is -3.80. The molecule has 1 aliphatic heterocycles. The van der Waals surface area contributed by atoms with Gasteiger partial charge in [0.25, 0.3) is 11.7 Å². The van der Waals surface area contributed by atoms with Crippen molar-refractivity contribution in [2.75, 3.05) is 6.61 Å². The molecule has 0 saturated carbocycles. The van der Waals surface area contributed by atoms with Crippen LogP contribution >= 0.6 is 0 Å². The Bertz CT molecular complexity index is 1110. The second kappa shape index (κ2) is 8.52. The Morgan fingerprint density at radius 2 is 1.77 bits per heavy atom. The predicted octanol–water partition coefficient (Wildman–Crippen LogP) is 4.61. The van der Waals surface area contributed by atoms with Gasteiger partial charge in [-0.1, -0.05) is 29.8 Å². The lowest BCUT2D eigenvalue weighted by Gasteiger charge is -2.24. The van der Waals surface area contributed by atoms with Gasteiger partial charge in [-0.3, -0.25) is 9.59 Å². The summed E-state index contributed by atoms with van der Waals surface area (Å²) in [6, 6.07) is 17.1. The fourth-order valence-corrected chi connectivity index (χ4v) is 3.74. The number of likely N-dealkylation sites (tertiary alicyclic amines) is 1. The summed E-state index contributed by atoms with van der Waals surface area (Å²) in [5, 5.41) is 11.1. The average Bonchev–Trinajstić information content (AvgIpc) is 3.37. The van der Waals surface area contributed by atoms with E-state index < -0.39 is 17.7 Å². The van der Waals surface area contributed by atoms with Crippen LogP contribution in [0.25, 0.3) is 5.76 Å². The number of hydrogen-bond acceptors (Lipinski definition) is 5. The van der Waals surface area contributed by atoms with E-state index in [4.69, 9.17) is 9.15 Å². The zero-order valence-electron chi connectivity index (χ0n) is 17.4. The smallest absolute Gasteiger partial charge is 0.296 e. The number of carbonyl (C=O) groups is 2. The standard InChI is InChI=1S/C25H23NO5/c1-3-30-19-12-10-18(11-13-19)23(27)21-22(17-8-6-16(2)7-9-17)26(25(29)24(21)28)15-20-5-4-14-31-20/h4-14,22,27H,3,15H2,1-2H3/b23-21-. The number of aryl methyl sites for hydroxylation is 1. The third kappa shape index (κ3) is 3.97. The number of carbonyl (C=O) groups excluding carboxylic acids is 2. The number of rotatable bonds is 6. The predicted molar refractivity (Wildman–Crippen MR) is 115 cm³/mol. The Morgan fingerprint density at radius 3 is 2.39 bits per heavy atom. The van der Waals surface area contributed by atoms with Gasteiger partial charge in [0.1, 0.15) is 17.3 Å². The van der Waals surface area contributed by atoms with Gasteiger partial charge in [-0.2, -0.15) is 0 Å². The van der Waals surface area contributed by atoms with Gasteiger partial charge in [0.2, 0.25) is 0 Å². The normalized spacial score (nSPS) is 17.9. The van der Waals surface area contributed by atoms with Crippen molar-refractivity contribution in [1.29, 1.82) is 0 Å². The van der Waals surface area contributed by atoms with Gasteiger partial charge in [0.05, 0.1) is 31.0 Å². The van der Waals surface area contributed by atoms with Crippen LogP contribution in [0.3, 0.4) is 0 Å². The minimum absolute atomic E-state index is 0.0598. The molecule has 1 fully saturated rings. The van der Waals surface area contributed by atoms with Gasteiger partial charge in [0.15, 0.2) is 0 Å². The number of furan rings is 1. The molecule has 0 bridgehead atoms. The second-order valence-corrected chi connectivity index (χ2v) is 7.37. The first kappa shape index (κ1) is 20.5. The summed E-state index contributed by atoms with van der Waals surface area (Å²) in [7, 11) is 0. The first-order valence-electron chi connectivity index (χ1n) is 10.1. The molecule has 2 aromatic carbocycles. The number of benzene rings is 2. The maximum Gasteiger partial charge on any atom is 0.296 e. The molecule has 0 radical (unpaired) electrons. The molecule has 1 aliphatic rings. The molecule has 31 heavy (non-hydrogen) atoms. The van der Waals surface area contributed by atoms with Crippen molar-refractivity contribution >= 4 is 17.4 Å². The van der Waals surface area contributed by atoms with E-state index in [1.807, 2.05) is 38.1 Å². The van der Waals surface area contributed by atoms with Gasteiger partial charge in [0, 0.05) is 5.56 Å². The van der Waals surface area contributed by atoms with E-state index in [-0.39, 0.29) is 17.9 Å². The van der Waals surface area contributed by atoms with Crippen molar-refractivity contribution in [2.45, 2.75) is 26.4 Å². The summed E-state index contributed by atoms with van der Waals surface area (Å²) >= 11 is 0. The number of amides is 1. The molecule has 158 valence electrons. The van der Waals surface area contributed by atoms with Crippen molar-refractivity contribution in [2.24, 2.45) is 0 Å². The van der Waals surface area contributed by atoms with E-state index in [2.05, 4.69) is 0 Å². The average molecular weight is 417 g/mol. The number of ether oxygens (including phenoxy) is 1. The molecule has 2 heterocycles. The zero-order chi connectivity index (χ0) is 22.0. The van der Waals surface area contributed by atoms with Crippen molar-refractivity contribution < 1.29 is 23.8 Å². The van der Waals surface area contributed by atoms with Gasteiger partial charge in [-0.15, -0.1) is 0 Å². The lowest BCUT2D eigenvalue weighted by Crippen LogP contribution is -2.29. The third-order valence-electron chi connectivity index (χ3n) is 5.28. The third-order valence-corrected chi connectivity index (χ3v) is 5.28. The van der Waals surface area contributed by atoms with Crippen molar-refractivity contribution in [3.63, 3.8) is 0 Å². The van der Waals surface area contributed by atoms with Crippen LogP contribution in [0.15, 0.2) is 76.9 Å². The van der Waals surface area contributed by atoms with Crippen molar-refractivity contribution in [3.05, 3.63) is 95.0 Å². The largest absolute Gasteiger partial charge is 0.507 e. The first-order valence-corrected chi connectivity index (χ1v) is 10.1. The van der Waals surface area contributed by atoms with E-state index in [0.29, 0.717) is 23.7 Å². The van der Waals surface area contributed by atoms with E-state index in [1.54, 1.807) is 36.4 Å². The zero-order valence-corrected chi connectivity index (χ0v) is 17.4. The van der Waals surface area contributed by atoms with E-state index in [0.717, 1.165) is 11.1 Å². The van der Waals surface area contributed by atoms with E-state index in [1.165, 1.54) is 11.2 Å². The minimum atomic E-state index is -0.725. The summed E-state index contributed by atoms with van der Waals surface area (Å²) < 4.78 is 10.8. The van der Waals surface area contributed by atoms with Crippen LogP contribution in [0.1, 0.15) is 35.4 Å². The van der Waals surface area contributed by atoms with Gasteiger partial charge >= 0.3 is 0 Å². The molecule has 1 amide bonds. The first-order chi connectivity index (χ1) is 15.0. The van der Waals surface area contributed by atoms with Crippen LogP contribution in [-0.4, -0.2) is 28.3 Å². The van der Waals surface area contributed by atoms with E-state index in [9.17, 15) is 14.7 Å². The van der Waals surface area contributed by atoms with Crippen LogP contribution in [0.4, 0.5) is 0 Å². The van der Waals surface area contributed by atoms with Crippen LogP contribution in [0.5, 0.6) is 5.75 Å². The van der Waals surface area contributed by atoms with Crippen molar-refractivity contribution in [3.8, 4) is 5.75 Å². The highest BCUT2D eigenvalue weighted by atomic mass is 16.5. The number of ketones is 1. The number of Topliss-reactive ketones (excluding diaryl/α,β-unsaturated/α-hetero) is 1. The molecular weight excluding hydrogens is 394 g/mol. The summed E-state index contributed by atoms with van der Waals surface area (Å²) in [5.74, 6) is -0.389. The molecule has 4 rings (SSSR count). The molecular formula is C25H23NO5. The number of hydrogen-bond donors (Lipinski definition) is 1. The SMILES string of the molecule is CCOc1ccc(/C(O)=C2/C(=O)C(=O)N(Cc3ccco3)C2c2ccc(C)cc2)cc1. The van der Waals surface area contributed by atoms with Crippen LogP contribution in [0, 0.1) is 6.92 Å². The second-order valence-electron chi connectivity index (χ2n) is 7.37. The Balaban J connectivity index is 1.81. The van der Waals surface area contributed by atoms with Gasteiger partial charge < -0.3 is 19.2 Å². The summed E-state index contributed by atoms with van der Waals surface area (Å²) in [5.41, 5.74) is 2.29. The van der Waals surface area contributed by atoms with Gasteiger partial charge in [-0.05, 0) is 55.8 Å². The summed E-state index contributed by atoms with van der Waals surface area (Å²) in [6.07, 6.45) is 1.52. The molecule has 0 aliphatic carbocycles. The molecule has 6 heteroatoms. The molecule has 6 nitrogen and oxygen atoms in total. The summed E-state index contributed by atoms with van der Waals surface area (Å²) in [6.45, 7) is 4.49. The Morgan fingerprint density at radius 1 is 1.06 bits per heavy atom. The minimum Gasteiger partial charge on any atom is -0.507 e. The molecule has 3 aromatic rings. The topological polar surface area (TPSA) is 80.0 Å². The number of aliphatic hydroxyl groups excluding tert-OH is 1. The lowest BCUT2D eigenvalue weighted by molar-refractivity contribution is -0.140. The van der Waals surface area contributed by atoms with Gasteiger partial charge in [-0.25, -0.2) is 0 Å². The maximum atomic E-state index is 13.0. The molecule has 1 saturated heterocycles. The summed E-state index contributed by atoms with van der Waals surface area (Å²) in [4.78, 5) is 27.4. The van der Waals surface area contributed by atoms with E-state index >= 15 is 0 Å². The highest BCUT2D eigenvalue weighted by Crippen LogP contribution is 2.40. The number of aliphatic hydroxyl groups is 1. The Kier molecular flexibility index (Phi) is 5.62. The molecule has 0 spiro atoms. The van der Waals surface area contributed by atoms with Crippen molar-refractivity contribution in [1.82, 2.24) is 4.90 Å². The number of nitrogens with zero attached hydrogens (tertiary/aromatic N) is 1. The highest BCUT2D eigenvalue weighted by molar-refractivity contribution is 6.46. The van der Waals surface area contributed by atoms with Crippen LogP contribution in [0.2, 0.25) is 0 Å². The van der Waals surface area contributed by atoms with Crippen LogP contribution < -0.4 is 4.74 Å². The Labute approximate surface area is 180 Å². The monoisotopic (exact) mass is 417 g/mol. The quantitative estimate of drug-likeness (QED) is 0.360. The lowest BCUT2D eigenvalue weighted by atomic mass is 9.94. The maximum absolute atomic E-state index is 13.0. The van der Waals surface area contributed by atoms with Crippen LogP contribution in [-0.2, 0) is 16.1 Å². The highest BCUT2D eigenvalue weighted by Gasteiger charge is 2.46. The fourth-order valence-electron chi connectivity index (χ4n) is 3.74. The molecule has 1 unspecified atom stereocenters. The molecule has 1 atom stereocenters. The molecule has 1 N–H and O–H groups in total. The fraction of sp³-hybridized carbons (Fsp3) is 0.200.